The number of anilines is 2. The lowest BCUT2D eigenvalue weighted by atomic mass is 10.1. The van der Waals surface area contributed by atoms with Crippen LogP contribution in [0.4, 0.5) is 11.4 Å². The third-order valence-corrected chi connectivity index (χ3v) is 3.37. The van der Waals surface area contributed by atoms with Gasteiger partial charge in [-0.1, -0.05) is 0 Å². The Morgan fingerprint density at radius 1 is 1.50 bits per heavy atom. The number of nitrogen functional groups attached to an aromatic ring is 1. The Balaban J connectivity index is 2.06. The SMILES string of the molecule is COC1CCC(Nc2ccc(N)c(C(=O)O)c2)C1. The minimum Gasteiger partial charge on any atom is -0.478 e. The standard InChI is InChI=1S/C13H18N2O3/c1-18-10-4-2-8(6-10)15-9-3-5-12(14)11(7-9)13(16)17/h3,5,7-8,10,15H,2,4,6,14H2,1H3,(H,16,17). The number of hydrogen-bond acceptors (Lipinski definition) is 4. The first-order chi connectivity index (χ1) is 8.60. The number of nitrogens with one attached hydrogen (secondary N) is 1. The summed E-state index contributed by atoms with van der Waals surface area (Å²) in [5, 5.41) is 12.3. The van der Waals surface area contributed by atoms with Gasteiger partial charge in [0.25, 0.3) is 0 Å². The molecule has 5 nitrogen and oxygen atoms in total. The number of methoxy groups -OCH3 is 1. The average Bonchev–Trinajstić information content (AvgIpc) is 2.79. The lowest BCUT2D eigenvalue weighted by Gasteiger charge is -2.15. The molecule has 0 aromatic heterocycles. The normalized spacial score (nSPS) is 22.9. The minimum atomic E-state index is -1.00. The fourth-order valence-corrected chi connectivity index (χ4v) is 2.35. The molecule has 0 radical (unpaired) electrons. The maximum absolute atomic E-state index is 11.0. The molecule has 2 unspecified atom stereocenters. The van der Waals surface area contributed by atoms with Crippen molar-refractivity contribution in [1.82, 2.24) is 0 Å². The van der Waals surface area contributed by atoms with Gasteiger partial charge < -0.3 is 20.9 Å². The first kappa shape index (κ1) is 12.7. The van der Waals surface area contributed by atoms with E-state index in [1.165, 1.54) is 0 Å². The predicted molar refractivity (Wildman–Crippen MR) is 69.9 cm³/mol. The van der Waals surface area contributed by atoms with Gasteiger partial charge in [-0.15, -0.1) is 0 Å². The second kappa shape index (κ2) is 5.27. The first-order valence-electron chi connectivity index (χ1n) is 6.02. The molecule has 0 saturated heterocycles. The number of benzene rings is 1. The fourth-order valence-electron chi connectivity index (χ4n) is 2.35. The topological polar surface area (TPSA) is 84.6 Å². The van der Waals surface area contributed by atoms with Crippen molar-refractivity contribution in [1.29, 1.82) is 0 Å². The Kier molecular flexibility index (Phi) is 3.72. The molecule has 1 aliphatic carbocycles. The van der Waals surface area contributed by atoms with Gasteiger partial charge in [-0.25, -0.2) is 4.79 Å². The van der Waals surface area contributed by atoms with Crippen molar-refractivity contribution in [2.24, 2.45) is 0 Å². The van der Waals surface area contributed by atoms with Crippen molar-refractivity contribution in [3.05, 3.63) is 23.8 Å². The molecule has 1 aromatic carbocycles. The highest BCUT2D eigenvalue weighted by molar-refractivity contribution is 5.94. The van der Waals surface area contributed by atoms with Gasteiger partial charge in [0.2, 0.25) is 0 Å². The molecule has 0 amide bonds. The average molecular weight is 250 g/mol. The van der Waals surface area contributed by atoms with E-state index in [0.29, 0.717) is 12.1 Å². The summed E-state index contributed by atoms with van der Waals surface area (Å²) < 4.78 is 5.31. The lowest BCUT2D eigenvalue weighted by Crippen LogP contribution is -2.17. The second-order valence-corrected chi connectivity index (χ2v) is 4.62. The smallest absolute Gasteiger partial charge is 0.337 e. The molecule has 18 heavy (non-hydrogen) atoms. The summed E-state index contributed by atoms with van der Waals surface area (Å²) in [5.41, 5.74) is 6.83. The zero-order valence-corrected chi connectivity index (χ0v) is 10.3. The van der Waals surface area contributed by atoms with Crippen LogP contribution in [0.2, 0.25) is 0 Å². The molecular formula is C13H18N2O3. The van der Waals surface area contributed by atoms with Gasteiger partial charge in [-0.2, -0.15) is 0 Å². The molecule has 1 aromatic rings. The largest absolute Gasteiger partial charge is 0.478 e. The molecule has 4 N–H and O–H groups in total. The molecule has 98 valence electrons. The summed E-state index contributed by atoms with van der Waals surface area (Å²) in [6, 6.07) is 5.34. The van der Waals surface area contributed by atoms with Gasteiger partial charge in [0.1, 0.15) is 0 Å². The van der Waals surface area contributed by atoms with Crippen molar-refractivity contribution < 1.29 is 14.6 Å². The van der Waals surface area contributed by atoms with E-state index in [0.717, 1.165) is 24.9 Å². The maximum atomic E-state index is 11.0. The third-order valence-electron chi connectivity index (χ3n) is 3.37. The van der Waals surface area contributed by atoms with E-state index >= 15 is 0 Å². The van der Waals surface area contributed by atoms with Crippen molar-refractivity contribution in [2.45, 2.75) is 31.4 Å². The van der Waals surface area contributed by atoms with Gasteiger partial charge in [0.15, 0.2) is 0 Å². The van der Waals surface area contributed by atoms with E-state index in [1.807, 2.05) is 6.07 Å². The number of carboxylic acids is 1. The van der Waals surface area contributed by atoms with Crippen molar-refractivity contribution in [2.75, 3.05) is 18.2 Å². The summed E-state index contributed by atoms with van der Waals surface area (Å²) in [6.07, 6.45) is 3.32. The molecule has 0 spiro atoms. The number of aromatic carboxylic acids is 1. The quantitative estimate of drug-likeness (QED) is 0.711. The summed E-state index contributed by atoms with van der Waals surface area (Å²) in [7, 11) is 1.72. The van der Waals surface area contributed by atoms with Gasteiger partial charge in [-0.05, 0) is 37.5 Å². The van der Waals surface area contributed by atoms with E-state index < -0.39 is 5.97 Å². The minimum absolute atomic E-state index is 0.140. The van der Waals surface area contributed by atoms with E-state index in [9.17, 15) is 4.79 Å². The van der Waals surface area contributed by atoms with E-state index in [4.69, 9.17) is 15.6 Å². The van der Waals surface area contributed by atoms with Gasteiger partial charge >= 0.3 is 5.97 Å². The number of ether oxygens (including phenoxy) is 1. The van der Waals surface area contributed by atoms with Crippen LogP contribution in [0.25, 0.3) is 0 Å². The Morgan fingerprint density at radius 3 is 2.89 bits per heavy atom. The fraction of sp³-hybridized carbons (Fsp3) is 0.462. The van der Waals surface area contributed by atoms with Gasteiger partial charge in [-0.3, -0.25) is 0 Å². The molecule has 1 fully saturated rings. The molecule has 2 atom stereocenters. The van der Waals surface area contributed by atoms with Crippen LogP contribution in [-0.4, -0.2) is 30.3 Å². The number of carbonyl (C=O) groups is 1. The molecular weight excluding hydrogens is 232 g/mol. The van der Waals surface area contributed by atoms with E-state index in [2.05, 4.69) is 5.32 Å². The van der Waals surface area contributed by atoms with E-state index in [1.54, 1.807) is 19.2 Å². The van der Waals surface area contributed by atoms with Crippen molar-refractivity contribution in [3.8, 4) is 0 Å². The highest BCUT2D eigenvalue weighted by Gasteiger charge is 2.24. The van der Waals surface area contributed by atoms with Crippen molar-refractivity contribution in [3.63, 3.8) is 0 Å². The summed E-state index contributed by atoms with van der Waals surface area (Å²) in [4.78, 5) is 11.0. The van der Waals surface area contributed by atoms with E-state index in [-0.39, 0.29) is 11.3 Å². The Morgan fingerprint density at radius 2 is 2.28 bits per heavy atom. The zero-order chi connectivity index (χ0) is 13.1. The van der Waals surface area contributed by atoms with Crippen LogP contribution in [0.15, 0.2) is 18.2 Å². The number of nitrogens with two attached hydrogens (primary N) is 1. The van der Waals surface area contributed by atoms with Crippen molar-refractivity contribution >= 4 is 17.3 Å². The van der Waals surface area contributed by atoms with Crippen LogP contribution in [-0.2, 0) is 4.74 Å². The second-order valence-electron chi connectivity index (χ2n) is 4.62. The number of hydrogen-bond donors (Lipinski definition) is 3. The molecule has 0 aliphatic heterocycles. The first-order valence-corrected chi connectivity index (χ1v) is 6.02. The summed E-state index contributed by atoms with van der Waals surface area (Å²) in [6.45, 7) is 0. The third kappa shape index (κ3) is 2.73. The number of carboxylic acid groups (broad SMARTS) is 1. The van der Waals surface area contributed by atoms with Crippen LogP contribution in [0.1, 0.15) is 29.6 Å². The van der Waals surface area contributed by atoms with Crippen LogP contribution < -0.4 is 11.1 Å². The predicted octanol–water partition coefficient (Wildman–Crippen LogP) is 1.95. The number of rotatable bonds is 4. The molecule has 1 aliphatic rings. The molecule has 1 saturated carbocycles. The highest BCUT2D eigenvalue weighted by atomic mass is 16.5. The molecule has 0 heterocycles. The van der Waals surface area contributed by atoms with Gasteiger partial charge in [0, 0.05) is 24.5 Å². The molecule has 0 bridgehead atoms. The van der Waals surface area contributed by atoms with Crippen LogP contribution >= 0.6 is 0 Å². The Hall–Kier alpha value is -1.75. The summed E-state index contributed by atoms with van der Waals surface area (Å²) in [5.74, 6) is -1.00. The van der Waals surface area contributed by atoms with Crippen LogP contribution in [0.3, 0.4) is 0 Å². The lowest BCUT2D eigenvalue weighted by molar-refractivity contribution is 0.0698. The zero-order valence-electron chi connectivity index (χ0n) is 10.3. The van der Waals surface area contributed by atoms with Crippen LogP contribution in [0, 0.1) is 0 Å². The highest BCUT2D eigenvalue weighted by Crippen LogP contribution is 2.26. The summed E-state index contributed by atoms with van der Waals surface area (Å²) >= 11 is 0. The maximum Gasteiger partial charge on any atom is 0.337 e. The molecule has 2 rings (SSSR count). The Labute approximate surface area is 106 Å². The van der Waals surface area contributed by atoms with Crippen LogP contribution in [0.5, 0.6) is 0 Å². The molecule has 5 heteroatoms. The monoisotopic (exact) mass is 250 g/mol. The van der Waals surface area contributed by atoms with Gasteiger partial charge in [0.05, 0.1) is 11.7 Å². The Bertz CT molecular complexity index is 448.